The van der Waals surface area contributed by atoms with Crippen molar-refractivity contribution in [2.45, 2.75) is 32.7 Å². The normalized spacial score (nSPS) is 11.6. The molecule has 0 aliphatic carbocycles. The van der Waals surface area contributed by atoms with Gasteiger partial charge in [0.1, 0.15) is 5.65 Å². The Bertz CT molecular complexity index is 834. The van der Waals surface area contributed by atoms with Crippen LogP contribution in [0.1, 0.15) is 35.5 Å². The zero-order valence-corrected chi connectivity index (χ0v) is 13.7. The van der Waals surface area contributed by atoms with Crippen LogP contribution in [0.4, 0.5) is 0 Å². The van der Waals surface area contributed by atoms with Crippen molar-refractivity contribution in [3.63, 3.8) is 0 Å². The second-order valence-corrected chi connectivity index (χ2v) is 6.54. The highest BCUT2D eigenvalue weighted by molar-refractivity contribution is 5.98. The number of aromatic amines is 1. The molecule has 0 saturated heterocycles. The van der Waals surface area contributed by atoms with Crippen LogP contribution in [0.2, 0.25) is 0 Å². The van der Waals surface area contributed by atoms with Crippen molar-refractivity contribution in [1.82, 2.24) is 15.3 Å². The number of carbonyl (C=O) groups is 1. The summed E-state index contributed by atoms with van der Waals surface area (Å²) in [6, 6.07) is 14.0. The highest BCUT2D eigenvalue weighted by Gasteiger charge is 2.23. The summed E-state index contributed by atoms with van der Waals surface area (Å²) in [5.41, 5.74) is 3.03. The quantitative estimate of drug-likeness (QED) is 0.773. The van der Waals surface area contributed by atoms with E-state index in [-0.39, 0.29) is 11.4 Å². The number of benzene rings is 1. The lowest BCUT2D eigenvalue weighted by atomic mass is 9.94. The minimum Gasteiger partial charge on any atom is -0.347 e. The topological polar surface area (TPSA) is 57.8 Å². The maximum absolute atomic E-state index is 12.7. The number of amides is 1. The van der Waals surface area contributed by atoms with Crippen LogP contribution in [-0.4, -0.2) is 21.4 Å². The third-order valence-corrected chi connectivity index (χ3v) is 3.91. The number of hydrogen-bond donors (Lipinski definition) is 2. The SMILES string of the molecule is Cc1nc2[nH]ccc2cc1C(=O)NC(C)(C)Cc1ccccc1. The summed E-state index contributed by atoms with van der Waals surface area (Å²) in [7, 11) is 0. The number of carbonyl (C=O) groups excluding carboxylic acids is 1. The Morgan fingerprint density at radius 1 is 1.22 bits per heavy atom. The Morgan fingerprint density at radius 2 is 1.96 bits per heavy atom. The lowest BCUT2D eigenvalue weighted by Gasteiger charge is -2.27. The number of H-pyrrole nitrogens is 1. The molecule has 0 radical (unpaired) electrons. The van der Waals surface area contributed by atoms with E-state index in [1.54, 1.807) is 0 Å². The first-order chi connectivity index (χ1) is 10.9. The fraction of sp³-hybridized carbons (Fsp3) is 0.263. The highest BCUT2D eigenvalue weighted by Crippen LogP contribution is 2.18. The van der Waals surface area contributed by atoms with Crippen LogP contribution in [-0.2, 0) is 6.42 Å². The van der Waals surface area contributed by atoms with E-state index in [2.05, 4.69) is 27.4 Å². The van der Waals surface area contributed by atoms with Crippen LogP contribution in [0.5, 0.6) is 0 Å². The number of aromatic nitrogens is 2. The first kappa shape index (κ1) is 15.3. The van der Waals surface area contributed by atoms with E-state index in [0.29, 0.717) is 5.56 Å². The van der Waals surface area contributed by atoms with Crippen molar-refractivity contribution in [2.24, 2.45) is 0 Å². The van der Waals surface area contributed by atoms with Crippen LogP contribution < -0.4 is 5.32 Å². The van der Waals surface area contributed by atoms with Gasteiger partial charge in [-0.2, -0.15) is 0 Å². The van der Waals surface area contributed by atoms with E-state index in [4.69, 9.17) is 0 Å². The Labute approximate surface area is 136 Å². The zero-order valence-electron chi connectivity index (χ0n) is 13.7. The molecule has 0 aliphatic rings. The molecule has 2 N–H and O–H groups in total. The van der Waals surface area contributed by atoms with E-state index in [9.17, 15) is 4.79 Å². The number of pyridine rings is 1. The van der Waals surface area contributed by atoms with Crippen molar-refractivity contribution < 1.29 is 4.79 Å². The van der Waals surface area contributed by atoms with E-state index in [1.165, 1.54) is 5.56 Å². The van der Waals surface area contributed by atoms with E-state index in [1.807, 2.05) is 57.3 Å². The second-order valence-electron chi connectivity index (χ2n) is 6.54. The van der Waals surface area contributed by atoms with Crippen LogP contribution in [0.15, 0.2) is 48.7 Å². The minimum atomic E-state index is -0.335. The van der Waals surface area contributed by atoms with Crippen molar-refractivity contribution in [2.75, 3.05) is 0 Å². The molecule has 4 heteroatoms. The molecular formula is C19H21N3O. The number of nitrogens with zero attached hydrogens (tertiary/aromatic N) is 1. The third-order valence-electron chi connectivity index (χ3n) is 3.91. The van der Waals surface area contributed by atoms with Gasteiger partial charge in [0.2, 0.25) is 0 Å². The lowest BCUT2D eigenvalue weighted by Crippen LogP contribution is -2.45. The van der Waals surface area contributed by atoms with Crippen LogP contribution in [0, 0.1) is 6.92 Å². The maximum atomic E-state index is 12.7. The third kappa shape index (κ3) is 3.42. The van der Waals surface area contributed by atoms with Gasteiger partial charge in [-0.05, 0) is 44.9 Å². The average molecular weight is 307 g/mol. The van der Waals surface area contributed by atoms with Crippen molar-refractivity contribution in [3.05, 3.63) is 65.5 Å². The molecule has 0 aliphatic heterocycles. The second kappa shape index (κ2) is 5.88. The summed E-state index contributed by atoms with van der Waals surface area (Å²) in [5.74, 6) is -0.0842. The van der Waals surface area contributed by atoms with Crippen LogP contribution >= 0.6 is 0 Å². The van der Waals surface area contributed by atoms with Gasteiger partial charge in [-0.3, -0.25) is 4.79 Å². The summed E-state index contributed by atoms with van der Waals surface area (Å²) in [5, 5.41) is 4.08. The largest absolute Gasteiger partial charge is 0.347 e. The first-order valence-corrected chi connectivity index (χ1v) is 7.76. The van der Waals surface area contributed by atoms with Crippen LogP contribution in [0.3, 0.4) is 0 Å². The molecule has 0 saturated carbocycles. The number of rotatable bonds is 4. The van der Waals surface area contributed by atoms with E-state index in [0.717, 1.165) is 23.1 Å². The first-order valence-electron chi connectivity index (χ1n) is 7.76. The Balaban J connectivity index is 1.80. The predicted octanol–water partition coefficient (Wildman–Crippen LogP) is 3.62. The highest BCUT2D eigenvalue weighted by atomic mass is 16.1. The molecule has 3 aromatic rings. The van der Waals surface area contributed by atoms with E-state index < -0.39 is 0 Å². The zero-order chi connectivity index (χ0) is 16.4. The van der Waals surface area contributed by atoms with Crippen LogP contribution in [0.25, 0.3) is 11.0 Å². The number of fused-ring (bicyclic) bond motifs is 1. The van der Waals surface area contributed by atoms with Gasteiger partial charge in [0.15, 0.2) is 0 Å². The molecule has 1 amide bonds. The standard InChI is InChI=1S/C19H21N3O/c1-13-16(11-15-9-10-20-17(15)21-13)18(23)22-19(2,3)12-14-7-5-4-6-8-14/h4-11H,12H2,1-3H3,(H,20,21)(H,22,23). The molecule has 0 bridgehead atoms. The maximum Gasteiger partial charge on any atom is 0.253 e. The monoisotopic (exact) mass is 307 g/mol. The van der Waals surface area contributed by atoms with Crippen molar-refractivity contribution >= 4 is 16.9 Å². The van der Waals surface area contributed by atoms with Gasteiger partial charge in [-0.15, -0.1) is 0 Å². The van der Waals surface area contributed by atoms with Gasteiger partial charge in [0.25, 0.3) is 5.91 Å². The molecule has 0 unspecified atom stereocenters. The molecule has 2 heterocycles. The minimum absolute atomic E-state index is 0.0842. The van der Waals surface area contributed by atoms with E-state index >= 15 is 0 Å². The number of aryl methyl sites for hydroxylation is 1. The summed E-state index contributed by atoms with van der Waals surface area (Å²) >= 11 is 0. The van der Waals surface area contributed by atoms with Crippen molar-refractivity contribution in [3.8, 4) is 0 Å². The summed E-state index contributed by atoms with van der Waals surface area (Å²) in [4.78, 5) is 20.2. The van der Waals surface area contributed by atoms with Gasteiger partial charge in [-0.25, -0.2) is 4.98 Å². The average Bonchev–Trinajstić information content (AvgIpc) is 2.93. The Kier molecular flexibility index (Phi) is 3.90. The van der Waals surface area contributed by atoms with Gasteiger partial charge >= 0.3 is 0 Å². The summed E-state index contributed by atoms with van der Waals surface area (Å²) in [6.07, 6.45) is 2.61. The van der Waals surface area contributed by atoms with Gasteiger partial charge in [-0.1, -0.05) is 30.3 Å². The Hall–Kier alpha value is -2.62. The summed E-state index contributed by atoms with van der Waals surface area (Å²) in [6.45, 7) is 5.93. The smallest absolute Gasteiger partial charge is 0.253 e. The molecule has 23 heavy (non-hydrogen) atoms. The predicted molar refractivity (Wildman–Crippen MR) is 92.5 cm³/mol. The van der Waals surface area contributed by atoms with Gasteiger partial charge < -0.3 is 10.3 Å². The molecule has 4 nitrogen and oxygen atoms in total. The molecule has 2 aromatic heterocycles. The number of hydrogen-bond acceptors (Lipinski definition) is 2. The van der Waals surface area contributed by atoms with Gasteiger partial charge in [0, 0.05) is 17.1 Å². The summed E-state index contributed by atoms with van der Waals surface area (Å²) < 4.78 is 0. The fourth-order valence-corrected chi connectivity index (χ4v) is 2.83. The molecule has 1 aromatic carbocycles. The Morgan fingerprint density at radius 3 is 2.70 bits per heavy atom. The molecule has 0 fully saturated rings. The van der Waals surface area contributed by atoms with Crippen molar-refractivity contribution in [1.29, 1.82) is 0 Å². The molecular weight excluding hydrogens is 286 g/mol. The molecule has 118 valence electrons. The fourth-order valence-electron chi connectivity index (χ4n) is 2.83. The molecule has 0 spiro atoms. The van der Waals surface area contributed by atoms with Gasteiger partial charge in [0.05, 0.1) is 11.3 Å². The number of nitrogens with one attached hydrogen (secondary N) is 2. The lowest BCUT2D eigenvalue weighted by molar-refractivity contribution is 0.0912. The molecule has 0 atom stereocenters. The molecule has 3 rings (SSSR count).